The van der Waals surface area contributed by atoms with Crippen molar-refractivity contribution in [3.8, 4) is 5.75 Å². The fraction of sp³-hybridized carbons (Fsp3) is 0.417. The Hall–Kier alpha value is -1.43. The summed E-state index contributed by atoms with van der Waals surface area (Å²) < 4.78 is 40.5. The summed E-state index contributed by atoms with van der Waals surface area (Å²) in [6, 6.07) is 5.88. The zero-order valence-electron chi connectivity index (χ0n) is 9.78. The first kappa shape index (κ1) is 14.0. The van der Waals surface area contributed by atoms with Crippen LogP contribution >= 0.6 is 11.6 Å². The van der Waals surface area contributed by atoms with Crippen molar-refractivity contribution in [2.75, 3.05) is 18.1 Å². The van der Waals surface area contributed by atoms with E-state index in [1.54, 1.807) is 12.1 Å². The molecule has 0 aliphatic carbocycles. The van der Waals surface area contributed by atoms with Crippen LogP contribution in [0.4, 0.5) is 18.9 Å². The van der Waals surface area contributed by atoms with Gasteiger partial charge in [0.2, 0.25) is 5.91 Å². The van der Waals surface area contributed by atoms with Crippen LogP contribution in [0.2, 0.25) is 0 Å². The maximum Gasteiger partial charge on any atom is 0.422 e. The van der Waals surface area contributed by atoms with Crippen molar-refractivity contribution in [1.82, 2.24) is 0 Å². The van der Waals surface area contributed by atoms with E-state index in [-0.39, 0.29) is 23.5 Å². The molecule has 19 heavy (non-hydrogen) atoms. The average Bonchev–Trinajstić information content (AvgIpc) is 2.66. The third-order valence-electron chi connectivity index (χ3n) is 2.63. The highest BCUT2D eigenvalue weighted by atomic mass is 35.5. The molecule has 1 aromatic rings. The monoisotopic (exact) mass is 293 g/mol. The van der Waals surface area contributed by atoms with Crippen molar-refractivity contribution in [3.63, 3.8) is 0 Å². The second-order valence-electron chi connectivity index (χ2n) is 4.20. The normalized spacial score (nSPS) is 19.9. The molecule has 1 aliphatic heterocycles. The molecule has 1 aliphatic rings. The lowest BCUT2D eigenvalue weighted by Crippen LogP contribution is -2.24. The predicted octanol–water partition coefficient (Wildman–Crippen LogP) is 2.97. The molecule has 104 valence electrons. The summed E-state index contributed by atoms with van der Waals surface area (Å²) in [6.07, 6.45) is -4.09. The lowest BCUT2D eigenvalue weighted by molar-refractivity contribution is -0.153. The topological polar surface area (TPSA) is 29.5 Å². The van der Waals surface area contributed by atoms with E-state index >= 15 is 0 Å². The maximum absolute atomic E-state index is 12.0. The van der Waals surface area contributed by atoms with Gasteiger partial charge in [-0.25, -0.2) is 0 Å². The first-order valence-corrected chi connectivity index (χ1v) is 6.03. The summed E-state index contributed by atoms with van der Waals surface area (Å²) in [5, 5.41) is -0.228. The number of ether oxygens (including phenoxy) is 1. The van der Waals surface area contributed by atoms with Crippen LogP contribution in [-0.4, -0.2) is 30.6 Å². The number of amides is 1. The molecule has 7 heteroatoms. The fourth-order valence-corrected chi connectivity index (χ4v) is 2.07. The van der Waals surface area contributed by atoms with Crippen LogP contribution in [0.5, 0.6) is 5.75 Å². The van der Waals surface area contributed by atoms with Crippen LogP contribution in [0.3, 0.4) is 0 Å². The zero-order chi connectivity index (χ0) is 14.0. The minimum Gasteiger partial charge on any atom is -0.484 e. The Morgan fingerprint density at radius 2 is 1.95 bits per heavy atom. The quantitative estimate of drug-likeness (QED) is 0.802. The summed E-state index contributed by atoms with van der Waals surface area (Å²) >= 11 is 5.87. The second kappa shape index (κ2) is 5.28. The Morgan fingerprint density at radius 1 is 1.32 bits per heavy atom. The number of carbonyl (C=O) groups is 1. The number of hydrogen-bond donors (Lipinski definition) is 0. The van der Waals surface area contributed by atoms with Gasteiger partial charge in [-0.2, -0.15) is 13.2 Å². The number of benzene rings is 1. The number of alkyl halides is 4. The van der Waals surface area contributed by atoms with Crippen LogP contribution in [0.1, 0.15) is 6.42 Å². The maximum atomic E-state index is 12.0. The molecule has 1 saturated heterocycles. The lowest BCUT2D eigenvalue weighted by Gasteiger charge is -2.16. The molecule has 0 spiro atoms. The van der Waals surface area contributed by atoms with Crippen molar-refractivity contribution in [1.29, 1.82) is 0 Å². The highest BCUT2D eigenvalue weighted by Crippen LogP contribution is 2.26. The Morgan fingerprint density at radius 3 is 2.42 bits per heavy atom. The van der Waals surface area contributed by atoms with Gasteiger partial charge in [0.15, 0.2) is 6.61 Å². The van der Waals surface area contributed by atoms with Crippen LogP contribution in [0.25, 0.3) is 0 Å². The van der Waals surface area contributed by atoms with Gasteiger partial charge < -0.3 is 9.64 Å². The molecule has 1 heterocycles. The third kappa shape index (κ3) is 3.76. The van der Waals surface area contributed by atoms with E-state index in [1.165, 1.54) is 17.0 Å². The summed E-state index contributed by atoms with van der Waals surface area (Å²) in [5.41, 5.74) is 0.604. The van der Waals surface area contributed by atoms with Gasteiger partial charge in [0.1, 0.15) is 5.75 Å². The van der Waals surface area contributed by atoms with E-state index < -0.39 is 12.8 Å². The van der Waals surface area contributed by atoms with Gasteiger partial charge in [0, 0.05) is 18.7 Å². The first-order valence-electron chi connectivity index (χ1n) is 5.59. The van der Waals surface area contributed by atoms with E-state index in [1.807, 2.05) is 0 Å². The number of halogens is 4. The van der Waals surface area contributed by atoms with Gasteiger partial charge in [0.25, 0.3) is 0 Å². The van der Waals surface area contributed by atoms with Crippen molar-refractivity contribution >= 4 is 23.2 Å². The molecule has 1 atom stereocenters. The Labute approximate surface area is 112 Å². The van der Waals surface area contributed by atoms with Gasteiger partial charge in [0.05, 0.1) is 5.38 Å². The summed E-state index contributed by atoms with van der Waals surface area (Å²) in [4.78, 5) is 13.1. The van der Waals surface area contributed by atoms with E-state index in [9.17, 15) is 18.0 Å². The predicted molar refractivity (Wildman–Crippen MR) is 64.6 cm³/mol. The number of hydrogen-bond acceptors (Lipinski definition) is 2. The fourth-order valence-electron chi connectivity index (χ4n) is 1.80. The molecular weight excluding hydrogens is 283 g/mol. The molecule has 0 radical (unpaired) electrons. The van der Waals surface area contributed by atoms with Crippen LogP contribution in [-0.2, 0) is 4.79 Å². The van der Waals surface area contributed by atoms with Crippen molar-refractivity contribution in [2.24, 2.45) is 0 Å². The van der Waals surface area contributed by atoms with Gasteiger partial charge in [-0.3, -0.25) is 4.79 Å². The zero-order valence-corrected chi connectivity index (χ0v) is 10.5. The molecule has 0 bridgehead atoms. The van der Waals surface area contributed by atoms with Crippen LogP contribution < -0.4 is 9.64 Å². The van der Waals surface area contributed by atoms with Crippen molar-refractivity contribution in [3.05, 3.63) is 24.3 Å². The molecular formula is C12H11ClF3NO2. The van der Waals surface area contributed by atoms with E-state index in [0.29, 0.717) is 12.2 Å². The molecule has 0 saturated carbocycles. The minimum absolute atomic E-state index is 0.0936. The summed E-state index contributed by atoms with van der Waals surface area (Å²) in [7, 11) is 0. The molecule has 1 aromatic carbocycles. The van der Waals surface area contributed by atoms with Gasteiger partial charge in [-0.15, -0.1) is 11.6 Å². The lowest BCUT2D eigenvalue weighted by atomic mass is 10.3. The Kier molecular flexibility index (Phi) is 3.89. The molecule has 3 nitrogen and oxygen atoms in total. The van der Waals surface area contributed by atoms with Gasteiger partial charge >= 0.3 is 6.18 Å². The number of carbonyl (C=O) groups excluding carboxylic acids is 1. The largest absolute Gasteiger partial charge is 0.484 e. The minimum atomic E-state index is -4.37. The number of nitrogens with zero attached hydrogens (tertiary/aromatic N) is 1. The standard InChI is InChI=1S/C12H11ClF3NO2/c13-8-5-11(18)17(6-8)9-1-3-10(4-2-9)19-7-12(14,15)16/h1-4,8H,5-7H2. The number of rotatable bonds is 3. The number of anilines is 1. The summed E-state index contributed by atoms with van der Waals surface area (Å²) in [5.74, 6) is 0.0131. The molecule has 1 unspecified atom stereocenters. The van der Waals surface area contributed by atoms with E-state index in [2.05, 4.69) is 4.74 Å². The Balaban J connectivity index is 2.01. The molecule has 2 rings (SSSR count). The van der Waals surface area contributed by atoms with Gasteiger partial charge in [-0.1, -0.05) is 0 Å². The smallest absolute Gasteiger partial charge is 0.422 e. The van der Waals surface area contributed by atoms with Crippen LogP contribution in [0, 0.1) is 0 Å². The highest BCUT2D eigenvalue weighted by molar-refractivity contribution is 6.24. The van der Waals surface area contributed by atoms with E-state index in [0.717, 1.165) is 0 Å². The third-order valence-corrected chi connectivity index (χ3v) is 2.92. The average molecular weight is 294 g/mol. The van der Waals surface area contributed by atoms with Crippen LogP contribution in [0.15, 0.2) is 24.3 Å². The van der Waals surface area contributed by atoms with E-state index in [4.69, 9.17) is 11.6 Å². The molecule has 0 aromatic heterocycles. The molecule has 1 amide bonds. The molecule has 0 N–H and O–H groups in total. The summed E-state index contributed by atoms with van der Waals surface area (Å²) in [6.45, 7) is -0.929. The highest BCUT2D eigenvalue weighted by Gasteiger charge is 2.30. The van der Waals surface area contributed by atoms with Crippen molar-refractivity contribution < 1.29 is 22.7 Å². The second-order valence-corrected chi connectivity index (χ2v) is 4.82. The van der Waals surface area contributed by atoms with Crippen molar-refractivity contribution in [2.45, 2.75) is 18.0 Å². The SMILES string of the molecule is O=C1CC(Cl)CN1c1ccc(OCC(F)(F)F)cc1. The first-order chi connectivity index (χ1) is 8.85. The Bertz CT molecular complexity index is 461. The molecule has 1 fully saturated rings. The van der Waals surface area contributed by atoms with Gasteiger partial charge in [-0.05, 0) is 24.3 Å².